The van der Waals surface area contributed by atoms with Crippen LogP contribution < -0.4 is 10.9 Å². The van der Waals surface area contributed by atoms with Gasteiger partial charge in [0.25, 0.3) is 11.5 Å². The zero-order chi connectivity index (χ0) is 13.9. The van der Waals surface area contributed by atoms with Crippen molar-refractivity contribution in [3.63, 3.8) is 0 Å². The Morgan fingerprint density at radius 2 is 2.25 bits per heavy atom. The van der Waals surface area contributed by atoms with Gasteiger partial charge in [-0.3, -0.25) is 9.59 Å². The number of aromatic amines is 1. The maximum Gasteiger partial charge on any atom is 0.267 e. The summed E-state index contributed by atoms with van der Waals surface area (Å²) in [5, 5.41) is 4.15. The number of ether oxygens (including phenoxy) is 1. The van der Waals surface area contributed by atoms with E-state index in [1.807, 2.05) is 12.1 Å². The van der Waals surface area contributed by atoms with Crippen molar-refractivity contribution in [2.45, 2.75) is 18.9 Å². The van der Waals surface area contributed by atoms with E-state index >= 15 is 0 Å². The molecule has 1 amide bonds. The Hall–Kier alpha value is -2.14. The highest BCUT2D eigenvalue weighted by Crippen LogP contribution is 2.12. The molecule has 1 fully saturated rings. The highest BCUT2D eigenvalue weighted by atomic mass is 16.5. The first kappa shape index (κ1) is 12.9. The second-order valence-corrected chi connectivity index (χ2v) is 4.94. The molecule has 2 heterocycles. The molecular formula is C15H16N2O3. The van der Waals surface area contributed by atoms with Gasteiger partial charge >= 0.3 is 0 Å². The van der Waals surface area contributed by atoms with Crippen LogP contribution in [0.3, 0.4) is 0 Å². The molecule has 1 aliphatic rings. The van der Waals surface area contributed by atoms with E-state index in [4.69, 9.17) is 4.74 Å². The molecular weight excluding hydrogens is 256 g/mol. The van der Waals surface area contributed by atoms with Crippen LogP contribution in [-0.4, -0.2) is 30.1 Å². The Morgan fingerprint density at radius 3 is 3.05 bits per heavy atom. The first-order chi connectivity index (χ1) is 9.74. The number of carbonyl (C=O) groups excluding carboxylic acids is 1. The molecule has 0 aliphatic carbocycles. The van der Waals surface area contributed by atoms with Crippen molar-refractivity contribution in [1.29, 1.82) is 0 Å². The molecule has 5 heteroatoms. The molecule has 1 unspecified atom stereocenters. The third-order valence-corrected chi connectivity index (χ3v) is 3.51. The van der Waals surface area contributed by atoms with Crippen LogP contribution in [0.2, 0.25) is 0 Å². The quantitative estimate of drug-likeness (QED) is 0.888. The number of carbonyl (C=O) groups is 1. The highest BCUT2D eigenvalue weighted by Gasteiger charge is 2.17. The van der Waals surface area contributed by atoms with Crippen molar-refractivity contribution in [1.82, 2.24) is 10.3 Å². The van der Waals surface area contributed by atoms with Crippen LogP contribution in [0, 0.1) is 0 Å². The Morgan fingerprint density at radius 1 is 1.40 bits per heavy atom. The van der Waals surface area contributed by atoms with Crippen LogP contribution in [-0.2, 0) is 4.74 Å². The largest absolute Gasteiger partial charge is 0.376 e. The molecule has 2 aromatic rings. The molecule has 3 rings (SSSR count). The molecule has 104 valence electrons. The van der Waals surface area contributed by atoms with Gasteiger partial charge in [-0.1, -0.05) is 18.2 Å². The summed E-state index contributed by atoms with van der Waals surface area (Å²) >= 11 is 0. The van der Waals surface area contributed by atoms with Gasteiger partial charge in [0, 0.05) is 18.5 Å². The standard InChI is InChI=1S/C15H16N2O3/c18-14-12-6-2-1-4-10(12)8-13(17-14)15(19)16-9-11-5-3-7-20-11/h1-2,4,6,8,11H,3,5,7,9H2,(H,16,19)(H,17,18). The van der Waals surface area contributed by atoms with Crippen LogP contribution in [0.25, 0.3) is 10.8 Å². The molecule has 20 heavy (non-hydrogen) atoms. The Balaban J connectivity index is 1.79. The number of aromatic nitrogens is 1. The molecule has 0 saturated carbocycles. The van der Waals surface area contributed by atoms with Gasteiger partial charge in [-0.05, 0) is 30.4 Å². The van der Waals surface area contributed by atoms with Crippen molar-refractivity contribution in [3.05, 3.63) is 46.4 Å². The first-order valence-electron chi connectivity index (χ1n) is 6.76. The lowest BCUT2D eigenvalue weighted by Crippen LogP contribution is -2.33. The number of nitrogens with one attached hydrogen (secondary N) is 2. The molecule has 2 N–H and O–H groups in total. The number of pyridine rings is 1. The fourth-order valence-electron chi connectivity index (χ4n) is 2.44. The average molecular weight is 272 g/mol. The SMILES string of the molecule is O=C(NCC1CCCO1)c1cc2ccccc2c(=O)[nH]1. The maximum atomic E-state index is 12.1. The van der Waals surface area contributed by atoms with Crippen LogP contribution in [0.4, 0.5) is 0 Å². The first-order valence-corrected chi connectivity index (χ1v) is 6.76. The number of amides is 1. The van der Waals surface area contributed by atoms with Gasteiger partial charge in [-0.2, -0.15) is 0 Å². The molecule has 0 bridgehead atoms. The van der Waals surface area contributed by atoms with E-state index in [0.717, 1.165) is 24.8 Å². The zero-order valence-corrected chi connectivity index (χ0v) is 11.0. The number of fused-ring (bicyclic) bond motifs is 1. The number of H-pyrrole nitrogens is 1. The van der Waals surface area contributed by atoms with E-state index in [1.165, 1.54) is 0 Å². The lowest BCUT2D eigenvalue weighted by Gasteiger charge is -2.10. The minimum absolute atomic E-state index is 0.0890. The van der Waals surface area contributed by atoms with E-state index in [9.17, 15) is 9.59 Å². The molecule has 0 radical (unpaired) electrons. The highest BCUT2D eigenvalue weighted by molar-refractivity contribution is 5.96. The molecule has 1 saturated heterocycles. The number of hydrogen-bond donors (Lipinski definition) is 2. The second kappa shape index (κ2) is 5.46. The fraction of sp³-hybridized carbons (Fsp3) is 0.333. The minimum atomic E-state index is -0.275. The van der Waals surface area contributed by atoms with E-state index in [1.54, 1.807) is 18.2 Å². The second-order valence-electron chi connectivity index (χ2n) is 4.94. The number of rotatable bonds is 3. The molecule has 1 aliphatic heterocycles. The lowest BCUT2D eigenvalue weighted by molar-refractivity contribution is 0.0853. The van der Waals surface area contributed by atoms with Crippen LogP contribution in [0.1, 0.15) is 23.3 Å². The summed E-state index contributed by atoms with van der Waals surface area (Å²) in [4.78, 5) is 26.6. The predicted molar refractivity (Wildman–Crippen MR) is 75.9 cm³/mol. The van der Waals surface area contributed by atoms with Gasteiger partial charge < -0.3 is 15.0 Å². The monoisotopic (exact) mass is 272 g/mol. The molecule has 1 atom stereocenters. The van der Waals surface area contributed by atoms with Crippen molar-refractivity contribution in [2.75, 3.05) is 13.2 Å². The van der Waals surface area contributed by atoms with E-state index in [-0.39, 0.29) is 23.3 Å². The summed E-state index contributed by atoms with van der Waals surface area (Å²) in [6.07, 6.45) is 2.09. The van der Waals surface area contributed by atoms with Gasteiger partial charge in [0.05, 0.1) is 6.10 Å². The van der Waals surface area contributed by atoms with E-state index < -0.39 is 0 Å². The summed E-state index contributed by atoms with van der Waals surface area (Å²) in [7, 11) is 0. The minimum Gasteiger partial charge on any atom is -0.376 e. The summed E-state index contributed by atoms with van der Waals surface area (Å²) < 4.78 is 5.45. The zero-order valence-electron chi connectivity index (χ0n) is 11.0. The molecule has 1 aromatic carbocycles. The maximum absolute atomic E-state index is 12.1. The predicted octanol–water partition coefficient (Wildman–Crippen LogP) is 1.44. The van der Waals surface area contributed by atoms with Crippen LogP contribution in [0.15, 0.2) is 35.1 Å². The Bertz CT molecular complexity index is 687. The molecule has 0 spiro atoms. The lowest BCUT2D eigenvalue weighted by atomic mass is 10.1. The van der Waals surface area contributed by atoms with Gasteiger partial charge in [0.2, 0.25) is 0 Å². The molecule has 1 aromatic heterocycles. The normalized spacial score (nSPS) is 18.3. The Labute approximate surface area is 116 Å². The van der Waals surface area contributed by atoms with Crippen LogP contribution >= 0.6 is 0 Å². The summed E-state index contributed by atoms with van der Waals surface area (Å²) in [6.45, 7) is 1.24. The number of hydrogen-bond acceptors (Lipinski definition) is 3. The third-order valence-electron chi connectivity index (χ3n) is 3.51. The van der Waals surface area contributed by atoms with Crippen LogP contribution in [0.5, 0.6) is 0 Å². The topological polar surface area (TPSA) is 71.2 Å². The average Bonchev–Trinajstić information content (AvgIpc) is 2.98. The molecule has 5 nitrogen and oxygen atoms in total. The summed E-state index contributed by atoms with van der Waals surface area (Å²) in [5.74, 6) is -0.275. The number of benzene rings is 1. The van der Waals surface area contributed by atoms with Crippen molar-refractivity contribution in [2.24, 2.45) is 0 Å². The fourth-order valence-corrected chi connectivity index (χ4v) is 2.44. The van der Waals surface area contributed by atoms with Gasteiger partial charge in [-0.25, -0.2) is 0 Å². The van der Waals surface area contributed by atoms with Crippen molar-refractivity contribution in [3.8, 4) is 0 Å². The van der Waals surface area contributed by atoms with Crippen molar-refractivity contribution >= 4 is 16.7 Å². The van der Waals surface area contributed by atoms with E-state index in [2.05, 4.69) is 10.3 Å². The Kier molecular flexibility index (Phi) is 3.52. The summed E-state index contributed by atoms with van der Waals surface area (Å²) in [5.41, 5.74) is 0.0389. The van der Waals surface area contributed by atoms with Gasteiger partial charge in [0.1, 0.15) is 5.69 Å². The van der Waals surface area contributed by atoms with E-state index in [0.29, 0.717) is 11.9 Å². The van der Waals surface area contributed by atoms with Gasteiger partial charge in [-0.15, -0.1) is 0 Å². The summed E-state index contributed by atoms with van der Waals surface area (Å²) in [6, 6.07) is 8.90. The van der Waals surface area contributed by atoms with Crippen molar-refractivity contribution < 1.29 is 9.53 Å². The third kappa shape index (κ3) is 2.58. The smallest absolute Gasteiger partial charge is 0.267 e. The van der Waals surface area contributed by atoms with Gasteiger partial charge in [0.15, 0.2) is 0 Å².